The standard InChI is InChI=1S/C27H36N2O3S/c30-25(28-26-11-17-5-18(12-26)7-19(6-17)13-26)23-3-1-2-4-24(23)33(31,32)29-27-14-20-8-21(15-27)10-22(9-20)16-27/h1-4,17-22,29H,5-16H2,(H,28,30). The quantitative estimate of drug-likeness (QED) is 0.661. The zero-order valence-electron chi connectivity index (χ0n) is 19.4. The van der Waals surface area contributed by atoms with E-state index in [9.17, 15) is 13.2 Å². The van der Waals surface area contributed by atoms with Crippen LogP contribution in [0, 0.1) is 35.5 Å². The first-order valence-corrected chi connectivity index (χ1v) is 14.7. The number of benzene rings is 1. The third kappa shape index (κ3) is 3.50. The van der Waals surface area contributed by atoms with Gasteiger partial charge in [-0.15, -0.1) is 0 Å². The minimum Gasteiger partial charge on any atom is -0.347 e. The van der Waals surface area contributed by atoms with Crippen LogP contribution in [0.2, 0.25) is 0 Å². The fourth-order valence-corrected chi connectivity index (χ4v) is 11.7. The van der Waals surface area contributed by atoms with Crippen molar-refractivity contribution in [3.05, 3.63) is 29.8 Å². The second-order valence-electron chi connectivity index (χ2n) is 13.0. The van der Waals surface area contributed by atoms with Crippen molar-refractivity contribution in [2.75, 3.05) is 0 Å². The Balaban J connectivity index is 1.15. The second kappa shape index (κ2) is 7.07. The number of sulfonamides is 1. The van der Waals surface area contributed by atoms with E-state index < -0.39 is 10.0 Å². The van der Waals surface area contributed by atoms with Crippen LogP contribution < -0.4 is 10.0 Å². The fraction of sp³-hybridized carbons (Fsp3) is 0.741. The van der Waals surface area contributed by atoms with Gasteiger partial charge < -0.3 is 5.32 Å². The van der Waals surface area contributed by atoms with Gasteiger partial charge in [-0.3, -0.25) is 4.79 Å². The summed E-state index contributed by atoms with van der Waals surface area (Å²) in [6.07, 6.45) is 13.8. The largest absolute Gasteiger partial charge is 0.347 e. The molecule has 0 radical (unpaired) electrons. The van der Waals surface area contributed by atoms with E-state index in [1.54, 1.807) is 24.3 Å². The third-order valence-electron chi connectivity index (χ3n) is 10.2. The van der Waals surface area contributed by atoms with Gasteiger partial charge in [-0.05, 0) is 125 Å². The maximum absolute atomic E-state index is 13.7. The SMILES string of the molecule is O=C(NC12CC3CC(CC(C3)C1)C2)c1ccccc1S(=O)(=O)NC12CC3CC(CC(C3)C1)C2. The molecule has 9 rings (SSSR count). The molecule has 8 aliphatic rings. The summed E-state index contributed by atoms with van der Waals surface area (Å²) in [6.45, 7) is 0. The van der Waals surface area contributed by atoms with E-state index in [2.05, 4.69) is 10.0 Å². The van der Waals surface area contributed by atoms with Crippen molar-refractivity contribution < 1.29 is 13.2 Å². The number of carbonyl (C=O) groups is 1. The minimum atomic E-state index is -3.78. The van der Waals surface area contributed by atoms with E-state index in [-0.39, 0.29) is 21.9 Å². The van der Waals surface area contributed by atoms with Crippen molar-refractivity contribution in [3.8, 4) is 0 Å². The Morgan fingerprint density at radius 1 is 0.697 bits per heavy atom. The predicted molar refractivity (Wildman–Crippen MR) is 126 cm³/mol. The zero-order chi connectivity index (χ0) is 22.4. The molecule has 33 heavy (non-hydrogen) atoms. The van der Waals surface area contributed by atoms with Crippen molar-refractivity contribution >= 4 is 15.9 Å². The number of rotatable bonds is 5. The molecule has 0 atom stereocenters. The lowest BCUT2D eigenvalue weighted by Gasteiger charge is -2.57. The van der Waals surface area contributed by atoms with Crippen LogP contribution in [0.15, 0.2) is 29.2 Å². The molecule has 1 aromatic rings. The van der Waals surface area contributed by atoms with Gasteiger partial charge in [0, 0.05) is 11.1 Å². The average Bonchev–Trinajstić information content (AvgIpc) is 2.70. The van der Waals surface area contributed by atoms with Crippen LogP contribution in [0.25, 0.3) is 0 Å². The lowest BCUT2D eigenvalue weighted by atomic mass is 9.53. The van der Waals surface area contributed by atoms with E-state index >= 15 is 0 Å². The Morgan fingerprint density at radius 2 is 1.12 bits per heavy atom. The highest BCUT2D eigenvalue weighted by atomic mass is 32.2. The second-order valence-corrected chi connectivity index (χ2v) is 14.6. The molecule has 8 bridgehead atoms. The number of carbonyl (C=O) groups excluding carboxylic acids is 1. The molecule has 0 heterocycles. The molecule has 0 spiro atoms. The Morgan fingerprint density at radius 3 is 1.61 bits per heavy atom. The van der Waals surface area contributed by atoms with E-state index in [1.165, 1.54) is 38.5 Å². The molecular formula is C27H36N2O3S. The van der Waals surface area contributed by atoms with Crippen molar-refractivity contribution in [3.63, 3.8) is 0 Å². The zero-order valence-corrected chi connectivity index (χ0v) is 20.2. The summed E-state index contributed by atoms with van der Waals surface area (Å²) in [7, 11) is -3.78. The van der Waals surface area contributed by atoms with Gasteiger partial charge in [0.1, 0.15) is 0 Å². The average molecular weight is 469 g/mol. The monoisotopic (exact) mass is 468 g/mol. The van der Waals surface area contributed by atoms with Gasteiger partial charge in [0.05, 0.1) is 10.5 Å². The maximum Gasteiger partial charge on any atom is 0.253 e. The molecule has 6 heteroatoms. The summed E-state index contributed by atoms with van der Waals surface area (Å²) in [5.41, 5.74) is -0.127. The van der Waals surface area contributed by atoms with Crippen LogP contribution in [0.1, 0.15) is 87.4 Å². The molecule has 5 nitrogen and oxygen atoms in total. The van der Waals surface area contributed by atoms with E-state index in [4.69, 9.17) is 0 Å². The summed E-state index contributed by atoms with van der Waals surface area (Å²) in [5, 5.41) is 3.38. The summed E-state index contributed by atoms with van der Waals surface area (Å²) >= 11 is 0. The topological polar surface area (TPSA) is 75.3 Å². The molecular weight excluding hydrogens is 432 g/mol. The van der Waals surface area contributed by atoms with Gasteiger partial charge in [0.2, 0.25) is 10.0 Å². The van der Waals surface area contributed by atoms with Crippen LogP contribution >= 0.6 is 0 Å². The normalized spacial score (nSPS) is 44.8. The first kappa shape index (κ1) is 20.9. The van der Waals surface area contributed by atoms with Crippen molar-refractivity contribution in [1.29, 1.82) is 0 Å². The molecule has 8 fully saturated rings. The highest BCUT2D eigenvalue weighted by Gasteiger charge is 2.53. The fourth-order valence-electron chi connectivity index (χ4n) is 10.0. The lowest BCUT2D eigenvalue weighted by molar-refractivity contribution is -0.0168. The number of hydrogen-bond donors (Lipinski definition) is 2. The van der Waals surface area contributed by atoms with Gasteiger partial charge in [0.25, 0.3) is 5.91 Å². The van der Waals surface area contributed by atoms with Crippen LogP contribution in [0.4, 0.5) is 0 Å². The first-order chi connectivity index (χ1) is 15.8. The van der Waals surface area contributed by atoms with E-state index in [1.807, 2.05) is 0 Å². The summed E-state index contributed by atoms with van der Waals surface area (Å²) in [5.74, 6) is 3.97. The van der Waals surface area contributed by atoms with Crippen molar-refractivity contribution in [1.82, 2.24) is 10.0 Å². The number of amides is 1. The predicted octanol–water partition coefficient (Wildman–Crippen LogP) is 4.63. The Bertz CT molecular complexity index is 1020. The molecule has 1 aromatic carbocycles. The summed E-state index contributed by atoms with van der Waals surface area (Å²) in [6, 6.07) is 6.86. The van der Waals surface area contributed by atoms with Crippen LogP contribution in [-0.4, -0.2) is 25.4 Å². The maximum atomic E-state index is 13.7. The Hall–Kier alpha value is -1.40. The number of hydrogen-bond acceptors (Lipinski definition) is 3. The minimum absolute atomic E-state index is 0.129. The third-order valence-corrected chi connectivity index (χ3v) is 11.9. The molecule has 0 aliphatic heterocycles. The highest BCUT2D eigenvalue weighted by Crippen LogP contribution is 2.57. The van der Waals surface area contributed by atoms with Gasteiger partial charge >= 0.3 is 0 Å². The first-order valence-electron chi connectivity index (χ1n) is 13.2. The van der Waals surface area contributed by atoms with Crippen LogP contribution in [0.3, 0.4) is 0 Å². The molecule has 178 valence electrons. The van der Waals surface area contributed by atoms with Gasteiger partial charge in [-0.1, -0.05) is 12.1 Å². The molecule has 8 saturated carbocycles. The van der Waals surface area contributed by atoms with E-state index in [0.29, 0.717) is 23.3 Å². The molecule has 8 aliphatic carbocycles. The molecule has 0 saturated heterocycles. The Kier molecular flexibility index (Phi) is 4.48. The smallest absolute Gasteiger partial charge is 0.253 e. The van der Waals surface area contributed by atoms with Gasteiger partial charge in [0.15, 0.2) is 0 Å². The van der Waals surface area contributed by atoms with Gasteiger partial charge in [-0.25, -0.2) is 13.1 Å². The van der Waals surface area contributed by atoms with Crippen LogP contribution in [0.5, 0.6) is 0 Å². The summed E-state index contributed by atoms with van der Waals surface area (Å²) in [4.78, 5) is 13.7. The summed E-state index contributed by atoms with van der Waals surface area (Å²) < 4.78 is 30.6. The van der Waals surface area contributed by atoms with Crippen LogP contribution in [-0.2, 0) is 10.0 Å². The highest BCUT2D eigenvalue weighted by molar-refractivity contribution is 7.89. The molecule has 0 unspecified atom stereocenters. The Labute approximate surface area is 197 Å². The van der Waals surface area contributed by atoms with Gasteiger partial charge in [-0.2, -0.15) is 0 Å². The molecule has 0 aromatic heterocycles. The molecule has 2 N–H and O–H groups in total. The van der Waals surface area contributed by atoms with Crippen molar-refractivity contribution in [2.45, 2.75) is 93.0 Å². The van der Waals surface area contributed by atoms with E-state index in [0.717, 1.165) is 56.3 Å². The number of nitrogens with one attached hydrogen (secondary N) is 2. The lowest BCUT2D eigenvalue weighted by Crippen LogP contribution is -2.60. The van der Waals surface area contributed by atoms with Crippen molar-refractivity contribution in [2.24, 2.45) is 35.5 Å². The molecule has 1 amide bonds.